The van der Waals surface area contributed by atoms with Crippen LogP contribution >= 0.6 is 24.0 Å². The van der Waals surface area contributed by atoms with Crippen LogP contribution in [0.15, 0.2) is 23.2 Å². The smallest absolute Gasteiger partial charge is 0.191 e. The summed E-state index contributed by atoms with van der Waals surface area (Å²) >= 11 is 0. The third-order valence-corrected chi connectivity index (χ3v) is 4.51. The maximum absolute atomic E-state index is 5.38. The molecule has 5 heteroatoms. The van der Waals surface area contributed by atoms with E-state index in [2.05, 4.69) is 47.7 Å². The molecule has 1 aromatic carbocycles. The van der Waals surface area contributed by atoms with Crippen molar-refractivity contribution < 1.29 is 4.74 Å². The Morgan fingerprint density at radius 2 is 1.96 bits per heavy atom. The van der Waals surface area contributed by atoms with Crippen molar-refractivity contribution in [1.82, 2.24) is 10.6 Å². The molecule has 0 heterocycles. The minimum Gasteiger partial charge on any atom is -0.496 e. The van der Waals surface area contributed by atoms with Gasteiger partial charge in [-0.1, -0.05) is 19.1 Å². The highest BCUT2D eigenvalue weighted by molar-refractivity contribution is 14.0. The second kappa shape index (κ2) is 10.0. The van der Waals surface area contributed by atoms with Crippen molar-refractivity contribution >= 4 is 29.9 Å². The van der Waals surface area contributed by atoms with Gasteiger partial charge in [0.1, 0.15) is 5.75 Å². The zero-order valence-electron chi connectivity index (χ0n) is 14.7. The minimum atomic E-state index is 0. The Hall–Kier alpha value is -0.980. The maximum atomic E-state index is 5.38. The molecule has 2 rings (SSSR count). The number of nitrogens with zero attached hydrogens (tertiary/aromatic N) is 1. The molecule has 1 aliphatic carbocycles. The highest BCUT2D eigenvalue weighted by Crippen LogP contribution is 2.23. The summed E-state index contributed by atoms with van der Waals surface area (Å²) in [5.74, 6) is 2.69. The van der Waals surface area contributed by atoms with Gasteiger partial charge in [-0.25, -0.2) is 0 Å². The standard InChI is InChI=1S/C18H29N3O.HI/c1-13-5-9-16(10-6-13)21-18(19-3)20-12-15-8-7-14(2)17(11-15)22-4;/h7-8,11,13,16H,5-6,9-10,12H2,1-4H3,(H2,19,20,21);1H. The SMILES string of the molecule is CN=C(NCc1ccc(C)c(OC)c1)NC1CCC(C)CC1.I. The molecule has 2 N–H and O–H groups in total. The van der Waals surface area contributed by atoms with Crippen molar-refractivity contribution in [3.8, 4) is 5.75 Å². The number of guanidine groups is 1. The fourth-order valence-electron chi connectivity index (χ4n) is 2.95. The second-order valence-electron chi connectivity index (χ2n) is 6.33. The van der Waals surface area contributed by atoms with Crippen molar-refractivity contribution in [1.29, 1.82) is 0 Å². The molecular formula is C18H30IN3O. The Balaban J connectivity index is 0.00000264. The molecule has 0 atom stereocenters. The van der Waals surface area contributed by atoms with Crippen LogP contribution in [0, 0.1) is 12.8 Å². The molecule has 1 saturated carbocycles. The van der Waals surface area contributed by atoms with Gasteiger partial charge in [0.25, 0.3) is 0 Å². The molecule has 0 bridgehead atoms. The van der Waals surface area contributed by atoms with E-state index in [0.29, 0.717) is 6.04 Å². The van der Waals surface area contributed by atoms with Gasteiger partial charge < -0.3 is 15.4 Å². The fraction of sp³-hybridized carbons (Fsp3) is 0.611. The first-order valence-electron chi connectivity index (χ1n) is 8.23. The van der Waals surface area contributed by atoms with Crippen LogP contribution in [0.4, 0.5) is 0 Å². The van der Waals surface area contributed by atoms with E-state index in [-0.39, 0.29) is 24.0 Å². The molecule has 4 nitrogen and oxygen atoms in total. The lowest BCUT2D eigenvalue weighted by molar-refractivity contribution is 0.329. The zero-order chi connectivity index (χ0) is 15.9. The van der Waals surface area contributed by atoms with Crippen molar-refractivity contribution in [2.45, 2.75) is 52.1 Å². The van der Waals surface area contributed by atoms with Gasteiger partial charge in [0.15, 0.2) is 5.96 Å². The van der Waals surface area contributed by atoms with Crippen LogP contribution in [0.1, 0.15) is 43.7 Å². The van der Waals surface area contributed by atoms with E-state index < -0.39 is 0 Å². The summed E-state index contributed by atoms with van der Waals surface area (Å²) in [6, 6.07) is 6.85. The summed E-state index contributed by atoms with van der Waals surface area (Å²) in [5.41, 5.74) is 2.35. The molecule has 0 amide bonds. The second-order valence-corrected chi connectivity index (χ2v) is 6.33. The van der Waals surface area contributed by atoms with E-state index in [1.165, 1.54) is 31.2 Å². The normalized spacial score (nSPS) is 21.3. The number of nitrogens with one attached hydrogen (secondary N) is 2. The number of aliphatic imine (C=N–C) groups is 1. The number of ether oxygens (including phenoxy) is 1. The first-order valence-corrected chi connectivity index (χ1v) is 8.23. The molecule has 1 fully saturated rings. The highest BCUT2D eigenvalue weighted by Gasteiger charge is 2.18. The summed E-state index contributed by atoms with van der Waals surface area (Å²) in [6.45, 7) is 5.15. The minimum absolute atomic E-state index is 0. The molecule has 23 heavy (non-hydrogen) atoms. The number of rotatable bonds is 4. The highest BCUT2D eigenvalue weighted by atomic mass is 127. The van der Waals surface area contributed by atoms with Gasteiger partial charge >= 0.3 is 0 Å². The summed E-state index contributed by atoms with van der Waals surface area (Å²) in [6.07, 6.45) is 5.09. The summed E-state index contributed by atoms with van der Waals surface area (Å²) in [5, 5.41) is 6.94. The molecule has 0 aliphatic heterocycles. The van der Waals surface area contributed by atoms with E-state index in [1.54, 1.807) is 7.11 Å². The van der Waals surface area contributed by atoms with E-state index in [9.17, 15) is 0 Å². The third-order valence-electron chi connectivity index (χ3n) is 4.51. The van der Waals surface area contributed by atoms with Crippen LogP contribution in [0.3, 0.4) is 0 Å². The van der Waals surface area contributed by atoms with Crippen LogP contribution < -0.4 is 15.4 Å². The predicted octanol–water partition coefficient (Wildman–Crippen LogP) is 3.87. The van der Waals surface area contributed by atoms with Crippen molar-refractivity contribution in [2.75, 3.05) is 14.2 Å². The first kappa shape index (κ1) is 20.1. The van der Waals surface area contributed by atoms with Gasteiger partial charge in [-0.15, -0.1) is 24.0 Å². The molecule has 0 saturated heterocycles. The monoisotopic (exact) mass is 431 g/mol. The first-order chi connectivity index (χ1) is 10.6. The Morgan fingerprint density at radius 3 is 2.57 bits per heavy atom. The summed E-state index contributed by atoms with van der Waals surface area (Å²) in [7, 11) is 3.54. The molecule has 0 unspecified atom stereocenters. The van der Waals surface area contributed by atoms with Crippen LogP contribution in [0.2, 0.25) is 0 Å². The molecule has 0 spiro atoms. The van der Waals surface area contributed by atoms with Gasteiger partial charge in [0.05, 0.1) is 7.11 Å². The number of hydrogen-bond acceptors (Lipinski definition) is 2. The van der Waals surface area contributed by atoms with E-state index in [0.717, 1.165) is 29.7 Å². The Kier molecular flexibility index (Phi) is 8.73. The van der Waals surface area contributed by atoms with Crippen molar-refractivity contribution in [3.63, 3.8) is 0 Å². The van der Waals surface area contributed by atoms with E-state index >= 15 is 0 Å². The van der Waals surface area contributed by atoms with Crippen LogP contribution in [0.25, 0.3) is 0 Å². The van der Waals surface area contributed by atoms with Crippen LogP contribution in [-0.4, -0.2) is 26.2 Å². The van der Waals surface area contributed by atoms with E-state index in [1.807, 2.05) is 7.05 Å². The Labute approximate surface area is 157 Å². The number of halogens is 1. The Morgan fingerprint density at radius 1 is 1.26 bits per heavy atom. The largest absolute Gasteiger partial charge is 0.496 e. The lowest BCUT2D eigenvalue weighted by Gasteiger charge is -2.28. The summed E-state index contributed by atoms with van der Waals surface area (Å²) < 4.78 is 5.38. The molecule has 1 aliphatic rings. The molecule has 1 aromatic rings. The van der Waals surface area contributed by atoms with Gasteiger partial charge in [0.2, 0.25) is 0 Å². The fourth-order valence-corrected chi connectivity index (χ4v) is 2.95. The number of hydrogen-bond donors (Lipinski definition) is 2. The lowest BCUT2D eigenvalue weighted by Crippen LogP contribution is -2.44. The quantitative estimate of drug-likeness (QED) is 0.432. The average Bonchev–Trinajstić information content (AvgIpc) is 2.54. The predicted molar refractivity (Wildman–Crippen MR) is 108 cm³/mol. The number of benzene rings is 1. The van der Waals surface area contributed by atoms with Crippen LogP contribution in [-0.2, 0) is 6.54 Å². The average molecular weight is 431 g/mol. The van der Waals surface area contributed by atoms with Gasteiger partial charge in [-0.3, -0.25) is 4.99 Å². The van der Waals surface area contributed by atoms with Crippen molar-refractivity contribution in [2.24, 2.45) is 10.9 Å². The Bertz CT molecular complexity index is 511. The number of methoxy groups -OCH3 is 1. The topological polar surface area (TPSA) is 45.7 Å². The molecule has 0 aromatic heterocycles. The number of aryl methyl sites for hydroxylation is 1. The third kappa shape index (κ3) is 6.20. The van der Waals surface area contributed by atoms with E-state index in [4.69, 9.17) is 4.74 Å². The zero-order valence-corrected chi connectivity index (χ0v) is 17.0. The van der Waals surface area contributed by atoms with Gasteiger partial charge in [-0.05, 0) is 55.7 Å². The van der Waals surface area contributed by atoms with Gasteiger partial charge in [-0.2, -0.15) is 0 Å². The molecule has 130 valence electrons. The van der Waals surface area contributed by atoms with Gasteiger partial charge in [0, 0.05) is 19.6 Å². The molecule has 0 radical (unpaired) electrons. The maximum Gasteiger partial charge on any atom is 0.191 e. The lowest BCUT2D eigenvalue weighted by atomic mass is 9.87. The summed E-state index contributed by atoms with van der Waals surface area (Å²) in [4.78, 5) is 4.34. The van der Waals surface area contributed by atoms with Crippen LogP contribution in [0.5, 0.6) is 5.75 Å². The van der Waals surface area contributed by atoms with Crippen molar-refractivity contribution in [3.05, 3.63) is 29.3 Å². The molecular weight excluding hydrogens is 401 g/mol.